The van der Waals surface area contributed by atoms with Crippen LogP contribution in [0.2, 0.25) is 0 Å². The zero-order valence-electron chi connectivity index (χ0n) is 16.1. The van der Waals surface area contributed by atoms with E-state index in [1.54, 1.807) is 42.3 Å². The van der Waals surface area contributed by atoms with Gasteiger partial charge in [0.15, 0.2) is 11.5 Å². The van der Waals surface area contributed by atoms with E-state index in [1.807, 2.05) is 0 Å². The summed E-state index contributed by atoms with van der Waals surface area (Å²) < 4.78 is 10.5. The Morgan fingerprint density at radius 2 is 1.76 bits per heavy atom. The SMILES string of the molecule is COc1ccc(N2C[C@H](NC(=O)Nc3ccc(C(N)=O)cc3)CC2=O)cc1OC. The molecule has 1 saturated heterocycles. The van der Waals surface area contributed by atoms with Crippen LogP contribution in [0.15, 0.2) is 42.5 Å². The number of carbonyl (C=O) groups excluding carboxylic acids is 3. The number of primary amides is 1. The van der Waals surface area contributed by atoms with Gasteiger partial charge in [-0.2, -0.15) is 0 Å². The fourth-order valence-corrected chi connectivity index (χ4v) is 3.12. The topological polar surface area (TPSA) is 123 Å². The number of nitrogens with one attached hydrogen (secondary N) is 2. The molecule has 29 heavy (non-hydrogen) atoms. The lowest BCUT2D eigenvalue weighted by Gasteiger charge is -2.19. The molecule has 3 rings (SSSR count). The first-order valence-corrected chi connectivity index (χ1v) is 8.91. The molecular weight excluding hydrogens is 376 g/mol. The minimum atomic E-state index is -0.541. The van der Waals surface area contributed by atoms with E-state index in [2.05, 4.69) is 10.6 Å². The first kappa shape index (κ1) is 20.0. The maximum absolute atomic E-state index is 12.4. The third-order valence-corrected chi connectivity index (χ3v) is 4.57. The van der Waals surface area contributed by atoms with Crippen molar-refractivity contribution >= 4 is 29.2 Å². The Balaban J connectivity index is 1.61. The number of hydrogen-bond acceptors (Lipinski definition) is 5. The van der Waals surface area contributed by atoms with Crippen LogP contribution in [0.4, 0.5) is 16.2 Å². The predicted octanol–water partition coefficient (Wildman–Crippen LogP) is 1.73. The molecular formula is C20H22N4O5. The van der Waals surface area contributed by atoms with Gasteiger partial charge in [-0.25, -0.2) is 4.79 Å². The molecule has 4 N–H and O–H groups in total. The van der Waals surface area contributed by atoms with Crippen molar-refractivity contribution < 1.29 is 23.9 Å². The highest BCUT2D eigenvalue weighted by molar-refractivity contribution is 5.98. The van der Waals surface area contributed by atoms with Crippen molar-refractivity contribution in [3.8, 4) is 11.5 Å². The van der Waals surface area contributed by atoms with Crippen molar-refractivity contribution in [2.75, 3.05) is 31.0 Å². The van der Waals surface area contributed by atoms with Gasteiger partial charge in [0.2, 0.25) is 11.8 Å². The van der Waals surface area contributed by atoms with E-state index in [0.717, 1.165) is 0 Å². The number of methoxy groups -OCH3 is 2. The average Bonchev–Trinajstić information content (AvgIpc) is 3.07. The third kappa shape index (κ3) is 4.57. The summed E-state index contributed by atoms with van der Waals surface area (Å²) in [5.41, 5.74) is 6.72. The molecule has 1 atom stereocenters. The van der Waals surface area contributed by atoms with Crippen molar-refractivity contribution in [3.05, 3.63) is 48.0 Å². The number of amides is 4. The van der Waals surface area contributed by atoms with Gasteiger partial charge in [-0.1, -0.05) is 0 Å². The number of hydrogen-bond donors (Lipinski definition) is 3. The second-order valence-corrected chi connectivity index (χ2v) is 6.48. The fraction of sp³-hybridized carbons (Fsp3) is 0.250. The molecule has 1 aliphatic heterocycles. The van der Waals surface area contributed by atoms with Crippen LogP contribution in [-0.4, -0.2) is 44.7 Å². The van der Waals surface area contributed by atoms with E-state index in [0.29, 0.717) is 35.0 Å². The summed E-state index contributed by atoms with van der Waals surface area (Å²) in [5.74, 6) is 0.444. The van der Waals surface area contributed by atoms with E-state index >= 15 is 0 Å². The summed E-state index contributed by atoms with van der Waals surface area (Å²) in [6.45, 7) is 0.336. The molecule has 2 aromatic rings. The number of benzene rings is 2. The number of carbonyl (C=O) groups is 3. The van der Waals surface area contributed by atoms with Crippen LogP contribution in [0.5, 0.6) is 11.5 Å². The molecule has 0 aliphatic carbocycles. The van der Waals surface area contributed by atoms with Crippen LogP contribution in [0.3, 0.4) is 0 Å². The molecule has 1 aliphatic rings. The van der Waals surface area contributed by atoms with E-state index < -0.39 is 11.9 Å². The van der Waals surface area contributed by atoms with Gasteiger partial charge in [0.1, 0.15) is 0 Å². The highest BCUT2D eigenvalue weighted by atomic mass is 16.5. The maximum atomic E-state index is 12.4. The van der Waals surface area contributed by atoms with Crippen molar-refractivity contribution in [3.63, 3.8) is 0 Å². The average molecular weight is 398 g/mol. The maximum Gasteiger partial charge on any atom is 0.319 e. The second-order valence-electron chi connectivity index (χ2n) is 6.48. The lowest BCUT2D eigenvalue weighted by atomic mass is 10.2. The highest BCUT2D eigenvalue weighted by Crippen LogP contribution is 2.33. The van der Waals surface area contributed by atoms with Gasteiger partial charge < -0.3 is 30.7 Å². The Morgan fingerprint density at radius 1 is 1.07 bits per heavy atom. The van der Waals surface area contributed by atoms with Crippen LogP contribution in [0.1, 0.15) is 16.8 Å². The Morgan fingerprint density at radius 3 is 2.38 bits per heavy atom. The first-order chi connectivity index (χ1) is 13.9. The van der Waals surface area contributed by atoms with Gasteiger partial charge >= 0.3 is 6.03 Å². The molecule has 1 heterocycles. The monoisotopic (exact) mass is 398 g/mol. The smallest absolute Gasteiger partial charge is 0.319 e. The number of ether oxygens (including phenoxy) is 2. The van der Waals surface area contributed by atoms with Crippen LogP contribution < -0.4 is 30.7 Å². The number of nitrogens with two attached hydrogens (primary N) is 1. The number of rotatable bonds is 6. The molecule has 152 valence electrons. The zero-order chi connectivity index (χ0) is 21.0. The predicted molar refractivity (Wildman–Crippen MR) is 107 cm³/mol. The summed E-state index contributed by atoms with van der Waals surface area (Å²) in [7, 11) is 3.07. The molecule has 0 saturated carbocycles. The van der Waals surface area contributed by atoms with Gasteiger partial charge in [-0.05, 0) is 36.4 Å². The van der Waals surface area contributed by atoms with Crippen LogP contribution in [0, 0.1) is 0 Å². The Kier molecular flexibility index (Phi) is 5.87. The van der Waals surface area contributed by atoms with Crippen LogP contribution in [-0.2, 0) is 4.79 Å². The minimum Gasteiger partial charge on any atom is -0.493 e. The summed E-state index contributed by atoms with van der Waals surface area (Å²) in [6, 6.07) is 10.6. The Hall–Kier alpha value is -3.75. The van der Waals surface area contributed by atoms with E-state index in [1.165, 1.54) is 19.2 Å². The number of urea groups is 1. The molecule has 9 heteroatoms. The van der Waals surface area contributed by atoms with Gasteiger partial charge in [0.05, 0.1) is 20.3 Å². The summed E-state index contributed by atoms with van der Waals surface area (Å²) in [6.07, 6.45) is 0.183. The molecule has 0 bridgehead atoms. The Labute approximate surface area is 167 Å². The van der Waals surface area contributed by atoms with E-state index in [4.69, 9.17) is 15.2 Å². The molecule has 9 nitrogen and oxygen atoms in total. The van der Waals surface area contributed by atoms with Crippen LogP contribution in [0.25, 0.3) is 0 Å². The number of nitrogens with zero attached hydrogens (tertiary/aromatic N) is 1. The van der Waals surface area contributed by atoms with E-state index in [-0.39, 0.29) is 18.4 Å². The molecule has 1 fully saturated rings. The summed E-state index contributed by atoms with van der Waals surface area (Å²) in [5, 5.41) is 5.46. The molecule has 0 spiro atoms. The molecule has 0 radical (unpaired) electrons. The number of anilines is 2. The third-order valence-electron chi connectivity index (χ3n) is 4.57. The quantitative estimate of drug-likeness (QED) is 0.684. The van der Waals surface area contributed by atoms with Crippen molar-refractivity contribution in [1.29, 1.82) is 0 Å². The van der Waals surface area contributed by atoms with Gasteiger partial charge in [-0.3, -0.25) is 9.59 Å². The summed E-state index contributed by atoms with van der Waals surface area (Å²) in [4.78, 5) is 37.3. The standard InChI is InChI=1S/C20H22N4O5/c1-28-16-8-7-15(10-17(16)29-2)24-11-14(9-18(24)25)23-20(27)22-13-5-3-12(4-6-13)19(21)26/h3-8,10,14H,9,11H2,1-2H3,(H2,21,26)(H2,22,23,27)/t14-/m1/s1. The normalized spacial score (nSPS) is 15.7. The molecule has 2 aromatic carbocycles. The largest absolute Gasteiger partial charge is 0.493 e. The van der Waals surface area contributed by atoms with Gasteiger partial charge in [0, 0.05) is 36.0 Å². The molecule has 0 unspecified atom stereocenters. The summed E-state index contributed by atoms with van der Waals surface area (Å²) >= 11 is 0. The molecule has 0 aromatic heterocycles. The molecule has 4 amide bonds. The zero-order valence-corrected chi connectivity index (χ0v) is 16.1. The van der Waals surface area contributed by atoms with Crippen molar-refractivity contribution in [1.82, 2.24) is 5.32 Å². The Bertz CT molecular complexity index is 929. The highest BCUT2D eigenvalue weighted by Gasteiger charge is 2.32. The second kappa shape index (κ2) is 8.51. The first-order valence-electron chi connectivity index (χ1n) is 8.91. The van der Waals surface area contributed by atoms with Crippen molar-refractivity contribution in [2.45, 2.75) is 12.5 Å². The van der Waals surface area contributed by atoms with Crippen LogP contribution >= 0.6 is 0 Å². The lowest BCUT2D eigenvalue weighted by Crippen LogP contribution is -2.39. The van der Waals surface area contributed by atoms with Crippen molar-refractivity contribution in [2.24, 2.45) is 5.73 Å². The minimum absolute atomic E-state index is 0.103. The fourth-order valence-electron chi connectivity index (χ4n) is 3.12. The van der Waals surface area contributed by atoms with E-state index in [9.17, 15) is 14.4 Å². The lowest BCUT2D eigenvalue weighted by molar-refractivity contribution is -0.117. The van der Waals surface area contributed by atoms with Gasteiger partial charge in [0.25, 0.3) is 0 Å². The van der Waals surface area contributed by atoms with Gasteiger partial charge in [-0.15, -0.1) is 0 Å².